The molecule has 0 aliphatic carbocycles. The van der Waals surface area contributed by atoms with Gasteiger partial charge in [0.1, 0.15) is 11.9 Å². The molecule has 0 saturated carbocycles. The Bertz CT molecular complexity index is 458. The molecular weight excluding hydrogens is 214 g/mol. The van der Waals surface area contributed by atoms with Crippen molar-refractivity contribution in [3.8, 4) is 6.07 Å². The standard InChI is InChI=1S/C12H15N5/c13-7-10-15-4-1-11(16-10)17-6-3-12(9-17)2-5-14-8-12/h1,4,14H,2-3,5-6,8-9H2/t12-/m0/s1. The highest BCUT2D eigenvalue weighted by molar-refractivity contribution is 5.41. The Balaban J connectivity index is 1.80. The van der Waals surface area contributed by atoms with Gasteiger partial charge < -0.3 is 10.2 Å². The van der Waals surface area contributed by atoms with Crippen molar-refractivity contribution in [2.45, 2.75) is 12.8 Å². The SMILES string of the molecule is N#Cc1nccc(N2CC[C@]3(CCNC3)C2)n1. The molecule has 1 atom stereocenters. The second kappa shape index (κ2) is 3.97. The Labute approximate surface area is 100 Å². The Hall–Kier alpha value is -1.67. The van der Waals surface area contributed by atoms with Gasteiger partial charge in [-0.3, -0.25) is 0 Å². The smallest absolute Gasteiger partial charge is 0.234 e. The number of hydrogen-bond acceptors (Lipinski definition) is 5. The fourth-order valence-corrected chi connectivity index (χ4v) is 2.85. The minimum Gasteiger partial charge on any atom is -0.356 e. The number of aromatic nitrogens is 2. The van der Waals surface area contributed by atoms with Crippen LogP contribution in [-0.2, 0) is 0 Å². The molecule has 1 aromatic rings. The summed E-state index contributed by atoms with van der Waals surface area (Å²) in [5.41, 5.74) is 0.428. The zero-order chi connectivity index (χ0) is 11.7. The van der Waals surface area contributed by atoms with Gasteiger partial charge >= 0.3 is 0 Å². The highest BCUT2D eigenvalue weighted by Gasteiger charge is 2.40. The van der Waals surface area contributed by atoms with Crippen LogP contribution in [0.5, 0.6) is 0 Å². The molecule has 3 rings (SSSR count). The summed E-state index contributed by atoms with van der Waals surface area (Å²) in [6.07, 6.45) is 4.13. The molecule has 0 unspecified atom stereocenters. The van der Waals surface area contributed by atoms with Gasteiger partial charge in [0.15, 0.2) is 0 Å². The lowest BCUT2D eigenvalue weighted by Gasteiger charge is -2.23. The molecule has 88 valence electrons. The summed E-state index contributed by atoms with van der Waals surface area (Å²) >= 11 is 0. The number of hydrogen-bond donors (Lipinski definition) is 1. The van der Waals surface area contributed by atoms with E-state index >= 15 is 0 Å². The molecule has 2 aliphatic heterocycles. The summed E-state index contributed by atoms with van der Waals surface area (Å²) in [6, 6.07) is 3.88. The number of anilines is 1. The van der Waals surface area contributed by atoms with Gasteiger partial charge in [0.25, 0.3) is 0 Å². The normalized spacial score (nSPS) is 27.6. The first kappa shape index (κ1) is 10.5. The Morgan fingerprint density at radius 1 is 1.47 bits per heavy atom. The molecule has 1 spiro atoms. The van der Waals surface area contributed by atoms with Gasteiger partial charge in [0, 0.05) is 31.2 Å². The van der Waals surface area contributed by atoms with Crippen LogP contribution in [0.1, 0.15) is 18.7 Å². The molecule has 0 aromatic carbocycles. The third kappa shape index (κ3) is 1.85. The summed E-state index contributed by atoms with van der Waals surface area (Å²) < 4.78 is 0. The summed E-state index contributed by atoms with van der Waals surface area (Å²) in [7, 11) is 0. The van der Waals surface area contributed by atoms with E-state index in [4.69, 9.17) is 5.26 Å². The lowest BCUT2D eigenvalue weighted by atomic mass is 9.87. The van der Waals surface area contributed by atoms with Crippen LogP contribution < -0.4 is 10.2 Å². The molecule has 0 amide bonds. The predicted octanol–water partition coefficient (Wildman–Crippen LogP) is 0.538. The Kier molecular flexibility index (Phi) is 2.45. The van der Waals surface area contributed by atoms with Crippen molar-refractivity contribution in [3.63, 3.8) is 0 Å². The number of nitrogens with one attached hydrogen (secondary N) is 1. The number of nitriles is 1. The van der Waals surface area contributed by atoms with Crippen LogP contribution >= 0.6 is 0 Å². The molecule has 3 heterocycles. The second-order valence-corrected chi connectivity index (χ2v) is 4.95. The summed E-state index contributed by atoms with van der Waals surface area (Å²) in [5.74, 6) is 1.15. The molecule has 0 radical (unpaired) electrons. The lowest BCUT2D eigenvalue weighted by Crippen LogP contribution is -2.29. The van der Waals surface area contributed by atoms with Crippen LogP contribution in [0.15, 0.2) is 12.3 Å². The first-order valence-electron chi connectivity index (χ1n) is 6.00. The van der Waals surface area contributed by atoms with E-state index in [1.54, 1.807) is 6.20 Å². The maximum absolute atomic E-state index is 8.81. The van der Waals surface area contributed by atoms with E-state index in [9.17, 15) is 0 Å². The van der Waals surface area contributed by atoms with Crippen molar-refractivity contribution in [2.75, 3.05) is 31.1 Å². The average Bonchev–Trinajstić information content (AvgIpc) is 3.01. The molecule has 5 nitrogen and oxygen atoms in total. The zero-order valence-electron chi connectivity index (χ0n) is 9.69. The lowest BCUT2D eigenvalue weighted by molar-refractivity contribution is 0.369. The van der Waals surface area contributed by atoms with E-state index in [1.807, 2.05) is 12.1 Å². The van der Waals surface area contributed by atoms with Crippen molar-refractivity contribution >= 4 is 5.82 Å². The van der Waals surface area contributed by atoms with Crippen LogP contribution in [0, 0.1) is 16.7 Å². The fourth-order valence-electron chi connectivity index (χ4n) is 2.85. The van der Waals surface area contributed by atoms with Crippen LogP contribution in [0.2, 0.25) is 0 Å². The molecule has 5 heteroatoms. The third-order valence-electron chi connectivity index (χ3n) is 3.84. The molecule has 17 heavy (non-hydrogen) atoms. The minimum atomic E-state index is 0.257. The van der Waals surface area contributed by atoms with Gasteiger partial charge in [0.05, 0.1) is 0 Å². The Morgan fingerprint density at radius 2 is 2.41 bits per heavy atom. The fraction of sp³-hybridized carbons (Fsp3) is 0.583. The van der Waals surface area contributed by atoms with Gasteiger partial charge in [-0.25, -0.2) is 9.97 Å². The van der Waals surface area contributed by atoms with Crippen LogP contribution in [0.4, 0.5) is 5.82 Å². The van der Waals surface area contributed by atoms with E-state index in [0.29, 0.717) is 5.41 Å². The summed E-state index contributed by atoms with van der Waals surface area (Å²) in [5, 5.41) is 12.2. The highest BCUT2D eigenvalue weighted by Crippen LogP contribution is 2.37. The number of nitrogens with zero attached hydrogens (tertiary/aromatic N) is 4. The van der Waals surface area contributed by atoms with Crippen molar-refractivity contribution in [3.05, 3.63) is 18.1 Å². The summed E-state index contributed by atoms with van der Waals surface area (Å²) in [6.45, 7) is 4.31. The van der Waals surface area contributed by atoms with E-state index in [0.717, 1.165) is 32.0 Å². The van der Waals surface area contributed by atoms with Gasteiger partial charge in [-0.2, -0.15) is 5.26 Å². The molecule has 2 fully saturated rings. The van der Waals surface area contributed by atoms with Crippen molar-refractivity contribution < 1.29 is 0 Å². The third-order valence-corrected chi connectivity index (χ3v) is 3.84. The molecule has 1 aromatic heterocycles. The first-order valence-corrected chi connectivity index (χ1v) is 6.00. The largest absolute Gasteiger partial charge is 0.356 e. The predicted molar refractivity (Wildman–Crippen MR) is 63.5 cm³/mol. The van der Waals surface area contributed by atoms with Gasteiger partial charge in [-0.15, -0.1) is 0 Å². The summed E-state index contributed by atoms with van der Waals surface area (Å²) in [4.78, 5) is 10.4. The van der Waals surface area contributed by atoms with E-state index in [1.165, 1.54) is 12.8 Å². The average molecular weight is 229 g/mol. The Morgan fingerprint density at radius 3 is 3.18 bits per heavy atom. The van der Waals surface area contributed by atoms with Gasteiger partial charge in [0.2, 0.25) is 5.82 Å². The maximum Gasteiger partial charge on any atom is 0.234 e. The monoisotopic (exact) mass is 229 g/mol. The molecule has 2 saturated heterocycles. The minimum absolute atomic E-state index is 0.257. The van der Waals surface area contributed by atoms with Crippen molar-refractivity contribution in [1.82, 2.24) is 15.3 Å². The van der Waals surface area contributed by atoms with Gasteiger partial charge in [-0.05, 0) is 25.5 Å². The van der Waals surface area contributed by atoms with Crippen LogP contribution in [0.3, 0.4) is 0 Å². The molecule has 0 bridgehead atoms. The van der Waals surface area contributed by atoms with E-state index in [2.05, 4.69) is 20.2 Å². The quantitative estimate of drug-likeness (QED) is 0.761. The van der Waals surface area contributed by atoms with Crippen LogP contribution in [0.25, 0.3) is 0 Å². The molecule has 2 aliphatic rings. The topological polar surface area (TPSA) is 64.8 Å². The second-order valence-electron chi connectivity index (χ2n) is 4.95. The number of rotatable bonds is 1. The molecule has 1 N–H and O–H groups in total. The van der Waals surface area contributed by atoms with Crippen LogP contribution in [-0.4, -0.2) is 36.1 Å². The van der Waals surface area contributed by atoms with E-state index in [-0.39, 0.29) is 5.82 Å². The highest BCUT2D eigenvalue weighted by atomic mass is 15.2. The zero-order valence-corrected chi connectivity index (χ0v) is 9.69. The molecular formula is C12H15N5. The van der Waals surface area contributed by atoms with Gasteiger partial charge in [-0.1, -0.05) is 0 Å². The van der Waals surface area contributed by atoms with Crippen molar-refractivity contribution in [1.29, 1.82) is 5.26 Å². The first-order chi connectivity index (χ1) is 8.31. The van der Waals surface area contributed by atoms with E-state index < -0.39 is 0 Å². The maximum atomic E-state index is 8.81. The van der Waals surface area contributed by atoms with Crippen molar-refractivity contribution in [2.24, 2.45) is 5.41 Å².